The SMILES string of the molecule is Cc1cnc(NC(=O)c2cc(Oc3ccc(C(N)=O)cc3Cl)cc(O[C@H]3CCN(C)C3=O)c2)cn1. The third-order valence-corrected chi connectivity index (χ3v) is 5.56. The van der Waals surface area contributed by atoms with Crippen molar-refractivity contribution in [2.24, 2.45) is 5.73 Å². The molecule has 4 rings (SSSR count). The Labute approximate surface area is 206 Å². The molecule has 1 saturated heterocycles. The summed E-state index contributed by atoms with van der Waals surface area (Å²) in [5, 5.41) is 2.82. The van der Waals surface area contributed by atoms with Crippen LogP contribution in [0.25, 0.3) is 0 Å². The van der Waals surface area contributed by atoms with Crippen molar-refractivity contribution in [3.8, 4) is 17.2 Å². The number of hydrogen-bond donors (Lipinski definition) is 2. The number of aryl methyl sites for hydroxylation is 1. The Morgan fingerprint density at radius 2 is 1.89 bits per heavy atom. The number of amides is 3. The molecule has 10 nitrogen and oxygen atoms in total. The van der Waals surface area contributed by atoms with E-state index in [9.17, 15) is 14.4 Å². The van der Waals surface area contributed by atoms with E-state index >= 15 is 0 Å². The van der Waals surface area contributed by atoms with Gasteiger partial charge in [0.1, 0.15) is 17.2 Å². The molecule has 1 aliphatic rings. The van der Waals surface area contributed by atoms with Crippen LogP contribution >= 0.6 is 11.6 Å². The third kappa shape index (κ3) is 5.67. The van der Waals surface area contributed by atoms with Crippen LogP contribution in [0.15, 0.2) is 48.8 Å². The number of ether oxygens (including phenoxy) is 2. The van der Waals surface area contributed by atoms with E-state index in [0.29, 0.717) is 18.7 Å². The molecule has 11 heteroatoms. The van der Waals surface area contributed by atoms with Gasteiger partial charge in [0.15, 0.2) is 11.9 Å². The maximum atomic E-state index is 13.0. The summed E-state index contributed by atoms with van der Waals surface area (Å²) in [6.45, 7) is 2.35. The highest BCUT2D eigenvalue weighted by molar-refractivity contribution is 6.32. The molecule has 0 spiro atoms. The van der Waals surface area contributed by atoms with Gasteiger partial charge in [-0.05, 0) is 37.3 Å². The van der Waals surface area contributed by atoms with E-state index in [-0.39, 0.29) is 45.1 Å². The molecule has 2 aromatic carbocycles. The fraction of sp³-hybridized carbons (Fsp3) is 0.208. The standard InChI is InChI=1S/C24H22ClN5O5/c1-13-11-28-21(12-27-13)29-23(32)15-7-16(34-19-4-3-14(22(26)31)9-18(19)25)10-17(8-15)35-20-5-6-30(2)24(20)33/h3-4,7-12,20H,5-6H2,1-2H3,(H2,26,31)(H,28,29,32)/t20-/m0/s1. The summed E-state index contributed by atoms with van der Waals surface area (Å²) in [6.07, 6.45) is 2.82. The maximum Gasteiger partial charge on any atom is 0.263 e. The Morgan fingerprint density at radius 3 is 2.51 bits per heavy atom. The number of likely N-dealkylation sites (N-methyl/N-ethyl adjacent to an activating group) is 1. The Morgan fingerprint density at radius 1 is 1.11 bits per heavy atom. The summed E-state index contributed by atoms with van der Waals surface area (Å²) >= 11 is 6.25. The second kappa shape index (κ2) is 9.98. The van der Waals surface area contributed by atoms with Gasteiger partial charge in [0.25, 0.3) is 11.8 Å². The molecular formula is C24H22ClN5O5. The first kappa shape index (κ1) is 24.0. The van der Waals surface area contributed by atoms with E-state index in [1.807, 2.05) is 0 Å². The van der Waals surface area contributed by atoms with Crippen LogP contribution in [-0.2, 0) is 4.79 Å². The number of nitrogens with zero attached hydrogens (tertiary/aromatic N) is 3. The lowest BCUT2D eigenvalue weighted by atomic mass is 10.1. The highest BCUT2D eigenvalue weighted by Crippen LogP contribution is 2.33. The summed E-state index contributed by atoms with van der Waals surface area (Å²) < 4.78 is 11.8. The van der Waals surface area contributed by atoms with Crippen molar-refractivity contribution in [2.45, 2.75) is 19.4 Å². The number of halogens is 1. The summed E-state index contributed by atoms with van der Waals surface area (Å²) in [5.74, 6) is -0.256. The summed E-state index contributed by atoms with van der Waals surface area (Å²) in [5.41, 5.74) is 6.42. The van der Waals surface area contributed by atoms with Crippen LogP contribution in [0.1, 0.15) is 32.8 Å². The minimum Gasteiger partial charge on any atom is -0.480 e. The average molecular weight is 496 g/mol. The van der Waals surface area contributed by atoms with Crippen molar-refractivity contribution in [3.05, 3.63) is 70.6 Å². The van der Waals surface area contributed by atoms with Crippen LogP contribution in [0.4, 0.5) is 5.82 Å². The van der Waals surface area contributed by atoms with Gasteiger partial charge in [0.2, 0.25) is 5.91 Å². The van der Waals surface area contributed by atoms with E-state index < -0.39 is 17.9 Å². The molecule has 0 saturated carbocycles. The average Bonchev–Trinajstić information content (AvgIpc) is 3.13. The number of carbonyl (C=O) groups excluding carboxylic acids is 3. The summed E-state index contributed by atoms with van der Waals surface area (Å²) in [6, 6.07) is 8.90. The van der Waals surface area contributed by atoms with Crippen LogP contribution in [-0.4, -0.2) is 52.3 Å². The fourth-order valence-corrected chi connectivity index (χ4v) is 3.62. The quantitative estimate of drug-likeness (QED) is 0.513. The molecule has 1 atom stereocenters. The van der Waals surface area contributed by atoms with Gasteiger partial charge in [-0.15, -0.1) is 0 Å². The Kier molecular flexibility index (Phi) is 6.83. The van der Waals surface area contributed by atoms with Gasteiger partial charge < -0.3 is 25.4 Å². The molecule has 1 fully saturated rings. The molecular weight excluding hydrogens is 474 g/mol. The van der Waals surface area contributed by atoms with Crippen molar-refractivity contribution >= 4 is 35.1 Å². The zero-order valence-corrected chi connectivity index (χ0v) is 19.7. The number of benzene rings is 2. The number of primary amides is 1. The van der Waals surface area contributed by atoms with Crippen molar-refractivity contribution in [3.63, 3.8) is 0 Å². The first-order valence-corrected chi connectivity index (χ1v) is 11.0. The van der Waals surface area contributed by atoms with Crippen LogP contribution in [0.3, 0.4) is 0 Å². The first-order chi connectivity index (χ1) is 16.7. The number of carbonyl (C=O) groups is 3. The van der Waals surface area contributed by atoms with Crippen molar-refractivity contribution in [1.82, 2.24) is 14.9 Å². The smallest absolute Gasteiger partial charge is 0.263 e. The predicted molar refractivity (Wildman–Crippen MR) is 128 cm³/mol. The summed E-state index contributed by atoms with van der Waals surface area (Å²) in [4.78, 5) is 46.5. The van der Waals surface area contributed by atoms with E-state index in [2.05, 4.69) is 15.3 Å². The lowest BCUT2D eigenvalue weighted by molar-refractivity contribution is -0.132. The molecule has 0 unspecified atom stereocenters. The maximum absolute atomic E-state index is 13.0. The highest BCUT2D eigenvalue weighted by Gasteiger charge is 2.31. The molecule has 35 heavy (non-hydrogen) atoms. The van der Waals surface area contributed by atoms with Crippen LogP contribution in [0.2, 0.25) is 5.02 Å². The zero-order chi connectivity index (χ0) is 25.1. The number of anilines is 1. The van der Waals surface area contributed by atoms with Crippen LogP contribution in [0, 0.1) is 6.92 Å². The molecule has 3 aromatic rings. The van der Waals surface area contributed by atoms with Gasteiger partial charge in [0.05, 0.1) is 23.1 Å². The number of aromatic nitrogens is 2. The minimum absolute atomic E-state index is 0.151. The van der Waals surface area contributed by atoms with E-state index in [1.54, 1.807) is 24.9 Å². The molecule has 3 amide bonds. The lowest BCUT2D eigenvalue weighted by Gasteiger charge is -2.16. The van der Waals surface area contributed by atoms with Gasteiger partial charge >= 0.3 is 0 Å². The highest BCUT2D eigenvalue weighted by atomic mass is 35.5. The third-order valence-electron chi connectivity index (χ3n) is 5.27. The molecule has 1 aromatic heterocycles. The largest absolute Gasteiger partial charge is 0.480 e. The van der Waals surface area contributed by atoms with E-state index in [0.717, 1.165) is 0 Å². The number of likely N-dealkylation sites (tertiary alicyclic amines) is 1. The van der Waals surface area contributed by atoms with Gasteiger partial charge in [-0.2, -0.15) is 0 Å². The van der Waals surface area contributed by atoms with E-state index in [4.69, 9.17) is 26.8 Å². The number of rotatable bonds is 7. The molecule has 0 radical (unpaired) electrons. The Bertz CT molecular complexity index is 1300. The number of nitrogens with one attached hydrogen (secondary N) is 1. The van der Waals surface area contributed by atoms with Crippen molar-refractivity contribution in [1.29, 1.82) is 0 Å². The van der Waals surface area contributed by atoms with Gasteiger partial charge in [-0.25, -0.2) is 4.98 Å². The van der Waals surface area contributed by atoms with Gasteiger partial charge in [-0.3, -0.25) is 19.4 Å². The molecule has 180 valence electrons. The Balaban J connectivity index is 1.64. The van der Waals surface area contributed by atoms with Crippen LogP contribution in [0.5, 0.6) is 17.2 Å². The monoisotopic (exact) mass is 495 g/mol. The molecule has 3 N–H and O–H groups in total. The van der Waals surface area contributed by atoms with Crippen molar-refractivity contribution in [2.75, 3.05) is 18.9 Å². The van der Waals surface area contributed by atoms with Gasteiger partial charge in [-0.1, -0.05) is 11.6 Å². The van der Waals surface area contributed by atoms with Crippen molar-refractivity contribution < 1.29 is 23.9 Å². The summed E-state index contributed by atoms with van der Waals surface area (Å²) in [7, 11) is 1.70. The van der Waals surface area contributed by atoms with E-state index in [1.165, 1.54) is 42.7 Å². The molecule has 0 bridgehead atoms. The second-order valence-corrected chi connectivity index (χ2v) is 8.36. The predicted octanol–water partition coefficient (Wildman–Crippen LogP) is 3.19. The minimum atomic E-state index is -0.674. The van der Waals surface area contributed by atoms with Gasteiger partial charge in [0, 0.05) is 37.2 Å². The number of nitrogens with two attached hydrogens (primary N) is 1. The zero-order valence-electron chi connectivity index (χ0n) is 18.9. The Hall–Kier alpha value is -4.18. The lowest BCUT2D eigenvalue weighted by Crippen LogP contribution is -2.29. The molecule has 1 aliphatic heterocycles. The number of hydrogen-bond acceptors (Lipinski definition) is 7. The molecule has 0 aliphatic carbocycles. The topological polar surface area (TPSA) is 137 Å². The van der Waals surface area contributed by atoms with Crippen LogP contribution < -0.4 is 20.5 Å². The second-order valence-electron chi connectivity index (χ2n) is 7.96. The normalized spacial score (nSPS) is 15.1. The first-order valence-electron chi connectivity index (χ1n) is 10.6. The molecule has 2 heterocycles. The fourth-order valence-electron chi connectivity index (χ4n) is 3.40.